The van der Waals surface area contributed by atoms with Crippen molar-refractivity contribution in [3.63, 3.8) is 0 Å². The van der Waals surface area contributed by atoms with Gasteiger partial charge in [0, 0.05) is 19.8 Å². The second-order valence-electron chi connectivity index (χ2n) is 5.44. The van der Waals surface area contributed by atoms with Gasteiger partial charge in [-0.1, -0.05) is 30.4 Å². The van der Waals surface area contributed by atoms with Gasteiger partial charge < -0.3 is 4.90 Å². The minimum absolute atomic E-state index is 1.11. The van der Waals surface area contributed by atoms with Crippen molar-refractivity contribution in [1.82, 2.24) is 0 Å². The van der Waals surface area contributed by atoms with E-state index in [0.717, 1.165) is 12.8 Å². The maximum atomic E-state index is 4.27. The molecule has 110 valence electrons. The predicted molar refractivity (Wildman–Crippen MR) is 97.9 cm³/mol. The summed E-state index contributed by atoms with van der Waals surface area (Å²) in [5, 5.41) is 1.82. The molecule has 0 saturated heterocycles. The summed E-state index contributed by atoms with van der Waals surface area (Å²) in [4.78, 5) is 2.13. The average molecular weight is 297 g/mol. The maximum absolute atomic E-state index is 4.27. The summed E-state index contributed by atoms with van der Waals surface area (Å²) in [6.45, 7) is 2.18. The van der Waals surface area contributed by atoms with Crippen molar-refractivity contribution in [2.75, 3.05) is 19.0 Å². The number of anilines is 1. The lowest BCUT2D eigenvalue weighted by molar-refractivity contribution is 1.02. The van der Waals surface area contributed by atoms with Crippen LogP contribution in [-0.4, -0.2) is 14.1 Å². The summed E-state index contributed by atoms with van der Waals surface area (Å²) < 4.78 is 0. The Hall–Kier alpha value is -1.67. The Morgan fingerprint density at radius 1 is 1.24 bits per heavy atom. The fourth-order valence-electron chi connectivity index (χ4n) is 2.50. The van der Waals surface area contributed by atoms with Gasteiger partial charge in [0.25, 0.3) is 0 Å². The van der Waals surface area contributed by atoms with Gasteiger partial charge in [0.05, 0.1) is 0 Å². The van der Waals surface area contributed by atoms with E-state index in [2.05, 4.69) is 87.1 Å². The maximum Gasteiger partial charge on any atom is 0.0367 e. The molecular weight excluding hydrogens is 274 g/mol. The summed E-state index contributed by atoms with van der Waals surface area (Å²) in [6.07, 6.45) is 11.1. The van der Waals surface area contributed by atoms with E-state index in [1.807, 2.05) is 5.41 Å². The van der Waals surface area contributed by atoms with Crippen molar-refractivity contribution < 1.29 is 0 Å². The third-order valence-electron chi connectivity index (χ3n) is 3.75. The van der Waals surface area contributed by atoms with E-state index >= 15 is 0 Å². The minimum atomic E-state index is 1.11. The zero-order chi connectivity index (χ0) is 15.2. The zero-order valence-corrected chi connectivity index (χ0v) is 13.9. The molecule has 1 nitrogen and oxygen atoms in total. The van der Waals surface area contributed by atoms with Crippen molar-refractivity contribution in [3.8, 4) is 0 Å². The first kappa shape index (κ1) is 15.7. The van der Waals surface area contributed by atoms with Crippen molar-refractivity contribution >= 4 is 23.9 Å². The molecule has 21 heavy (non-hydrogen) atoms. The topological polar surface area (TPSA) is 3.24 Å². The SMILES string of the molecule is CC(=C(C=CS)C1=CCCC=C1)c1cccc(N(C)C)c1. The summed E-state index contributed by atoms with van der Waals surface area (Å²) in [5.41, 5.74) is 6.29. The van der Waals surface area contributed by atoms with Crippen LogP contribution in [0.3, 0.4) is 0 Å². The molecule has 0 amide bonds. The molecule has 2 heteroatoms. The Morgan fingerprint density at radius 3 is 2.67 bits per heavy atom. The Labute approximate surface area is 133 Å². The minimum Gasteiger partial charge on any atom is -0.378 e. The summed E-state index contributed by atoms with van der Waals surface area (Å²) >= 11 is 4.27. The van der Waals surface area contributed by atoms with Gasteiger partial charge in [0.2, 0.25) is 0 Å². The summed E-state index contributed by atoms with van der Waals surface area (Å²) in [5.74, 6) is 0. The van der Waals surface area contributed by atoms with Crippen LogP contribution in [0.4, 0.5) is 5.69 Å². The van der Waals surface area contributed by atoms with Crippen molar-refractivity contribution in [1.29, 1.82) is 0 Å². The first-order valence-corrected chi connectivity index (χ1v) is 7.81. The Bertz CT molecular complexity index is 618. The number of hydrogen-bond donors (Lipinski definition) is 1. The Balaban J connectivity index is 2.49. The molecule has 0 atom stereocenters. The monoisotopic (exact) mass is 297 g/mol. The van der Waals surface area contributed by atoms with E-state index in [1.165, 1.54) is 28.0 Å². The molecule has 1 aliphatic carbocycles. The van der Waals surface area contributed by atoms with Crippen LogP contribution in [0.2, 0.25) is 0 Å². The smallest absolute Gasteiger partial charge is 0.0367 e. The fourth-order valence-corrected chi connectivity index (χ4v) is 2.65. The quantitative estimate of drug-likeness (QED) is 0.587. The van der Waals surface area contributed by atoms with E-state index in [4.69, 9.17) is 0 Å². The fraction of sp³-hybridized carbons (Fsp3) is 0.263. The molecule has 0 saturated carbocycles. The third-order valence-corrected chi connectivity index (χ3v) is 3.90. The largest absolute Gasteiger partial charge is 0.378 e. The lowest BCUT2D eigenvalue weighted by Gasteiger charge is -2.16. The molecule has 0 aromatic heterocycles. The first-order chi connectivity index (χ1) is 10.1. The molecular formula is C19H23NS. The van der Waals surface area contributed by atoms with Gasteiger partial charge in [-0.3, -0.25) is 0 Å². The van der Waals surface area contributed by atoms with Crippen molar-refractivity contribution in [2.24, 2.45) is 0 Å². The van der Waals surface area contributed by atoms with Gasteiger partial charge in [0.15, 0.2) is 0 Å². The molecule has 0 N–H and O–H groups in total. The van der Waals surface area contributed by atoms with Gasteiger partial charge in [-0.05, 0) is 65.7 Å². The van der Waals surface area contributed by atoms with Crippen LogP contribution in [0.25, 0.3) is 5.57 Å². The number of benzene rings is 1. The van der Waals surface area contributed by atoms with Crippen molar-refractivity contribution in [2.45, 2.75) is 19.8 Å². The van der Waals surface area contributed by atoms with E-state index in [-0.39, 0.29) is 0 Å². The zero-order valence-electron chi connectivity index (χ0n) is 13.0. The molecule has 1 aromatic carbocycles. The van der Waals surface area contributed by atoms with E-state index in [0.29, 0.717) is 0 Å². The third kappa shape index (κ3) is 3.92. The lowest BCUT2D eigenvalue weighted by Crippen LogP contribution is -2.08. The highest BCUT2D eigenvalue weighted by Gasteiger charge is 2.08. The normalized spacial score (nSPS) is 15.9. The molecule has 0 spiro atoms. The predicted octanol–water partition coefficient (Wildman–Crippen LogP) is 5.25. The lowest BCUT2D eigenvalue weighted by atomic mass is 9.92. The second kappa shape index (κ2) is 7.37. The molecule has 0 aliphatic heterocycles. The Morgan fingerprint density at radius 2 is 2.05 bits per heavy atom. The van der Waals surface area contributed by atoms with Crippen molar-refractivity contribution in [3.05, 3.63) is 70.7 Å². The molecule has 0 radical (unpaired) electrons. The van der Waals surface area contributed by atoms with Gasteiger partial charge in [-0.2, -0.15) is 12.6 Å². The average Bonchev–Trinajstić information content (AvgIpc) is 2.53. The molecule has 1 aromatic rings. The number of allylic oxidation sites excluding steroid dienone is 7. The van der Waals surface area contributed by atoms with Gasteiger partial charge in [-0.25, -0.2) is 0 Å². The molecule has 0 bridgehead atoms. The van der Waals surface area contributed by atoms with Gasteiger partial charge >= 0.3 is 0 Å². The Kier molecular flexibility index (Phi) is 5.51. The van der Waals surface area contributed by atoms with Crippen LogP contribution in [-0.2, 0) is 0 Å². The summed E-state index contributed by atoms with van der Waals surface area (Å²) in [7, 11) is 4.14. The number of hydrogen-bond acceptors (Lipinski definition) is 2. The van der Waals surface area contributed by atoms with Gasteiger partial charge in [-0.15, -0.1) is 0 Å². The van der Waals surface area contributed by atoms with Gasteiger partial charge in [0.1, 0.15) is 0 Å². The molecule has 0 fully saturated rings. The molecule has 0 unspecified atom stereocenters. The highest BCUT2D eigenvalue weighted by Crippen LogP contribution is 2.29. The van der Waals surface area contributed by atoms with E-state index < -0.39 is 0 Å². The second-order valence-corrected chi connectivity index (χ2v) is 5.74. The van der Waals surface area contributed by atoms with Crippen LogP contribution in [0.15, 0.2) is 65.1 Å². The number of thiol groups is 1. The number of rotatable bonds is 4. The molecule has 2 rings (SSSR count). The highest BCUT2D eigenvalue weighted by atomic mass is 32.1. The van der Waals surface area contributed by atoms with Crippen LogP contribution < -0.4 is 4.90 Å². The molecule has 1 aliphatic rings. The molecule has 0 heterocycles. The first-order valence-electron chi connectivity index (χ1n) is 7.30. The van der Waals surface area contributed by atoms with Crippen LogP contribution in [0.1, 0.15) is 25.3 Å². The summed E-state index contributed by atoms with van der Waals surface area (Å²) in [6, 6.07) is 8.64. The van der Waals surface area contributed by atoms with Crippen LogP contribution >= 0.6 is 12.6 Å². The van der Waals surface area contributed by atoms with Crippen LogP contribution in [0.5, 0.6) is 0 Å². The van der Waals surface area contributed by atoms with E-state index in [9.17, 15) is 0 Å². The standard InChI is InChI=1S/C19H23NS/c1-15(17-10-7-11-18(14-17)20(2)3)19(12-13-21)16-8-5-4-6-9-16/h5,7-14,21H,4,6H2,1-3H3. The highest BCUT2D eigenvalue weighted by molar-refractivity contribution is 7.83. The van der Waals surface area contributed by atoms with E-state index in [1.54, 1.807) is 0 Å². The number of nitrogens with zero attached hydrogens (tertiary/aromatic N) is 1. The van der Waals surface area contributed by atoms with Crippen LogP contribution in [0, 0.1) is 0 Å².